The number of nitrogens with zero attached hydrogens (tertiary/aromatic N) is 1. The van der Waals surface area contributed by atoms with E-state index in [1.54, 1.807) is 13.0 Å². The number of Topliss-reactive ketones (excluding diaryl/α,β-unsaturated/α-hetero) is 1. The van der Waals surface area contributed by atoms with Gasteiger partial charge in [-0.1, -0.05) is 12.1 Å². The monoisotopic (exact) mass is 221 g/mol. The summed E-state index contributed by atoms with van der Waals surface area (Å²) in [6.45, 7) is 5.64. The van der Waals surface area contributed by atoms with Gasteiger partial charge in [0.15, 0.2) is 5.60 Å². The van der Waals surface area contributed by atoms with Crippen molar-refractivity contribution in [3.8, 4) is 0 Å². The molecule has 16 heavy (non-hydrogen) atoms. The summed E-state index contributed by atoms with van der Waals surface area (Å²) < 4.78 is 10.7. The average Bonchev–Trinajstić information content (AvgIpc) is 2.85. The maximum atomic E-state index is 11.4. The van der Waals surface area contributed by atoms with Crippen molar-refractivity contribution in [3.05, 3.63) is 29.4 Å². The highest BCUT2D eigenvalue weighted by Crippen LogP contribution is 2.36. The van der Waals surface area contributed by atoms with E-state index in [0.717, 1.165) is 12.2 Å². The highest BCUT2D eigenvalue weighted by Gasteiger charge is 2.35. The topological polar surface area (TPSA) is 52.3 Å². The van der Waals surface area contributed by atoms with Crippen LogP contribution in [0.25, 0.3) is 0 Å². The Labute approximate surface area is 94.3 Å². The predicted octanol–water partition coefficient (Wildman–Crippen LogP) is 2.81. The van der Waals surface area contributed by atoms with Crippen LogP contribution in [0.1, 0.15) is 49.9 Å². The van der Waals surface area contributed by atoms with E-state index in [0.29, 0.717) is 17.9 Å². The maximum Gasteiger partial charge on any atom is 0.202 e. The number of aromatic nitrogens is 1. The Kier molecular flexibility index (Phi) is 2.58. The molecule has 0 bridgehead atoms. The van der Waals surface area contributed by atoms with Crippen molar-refractivity contribution in [2.24, 2.45) is 0 Å². The van der Waals surface area contributed by atoms with Gasteiger partial charge < -0.3 is 9.26 Å². The number of carbonyl (C=O) groups excluding carboxylic acids is 1. The molecule has 86 valence electrons. The summed E-state index contributed by atoms with van der Waals surface area (Å²) in [5, 5.41) is 3.92. The molecule has 4 nitrogen and oxygen atoms in total. The van der Waals surface area contributed by atoms with E-state index in [1.165, 1.54) is 0 Å². The summed E-state index contributed by atoms with van der Waals surface area (Å²) in [5.74, 6) is 1.16. The van der Waals surface area contributed by atoms with E-state index in [9.17, 15) is 4.79 Å². The van der Waals surface area contributed by atoms with Gasteiger partial charge in [-0.3, -0.25) is 4.79 Å². The van der Waals surface area contributed by atoms with Gasteiger partial charge in [-0.2, -0.15) is 0 Å². The van der Waals surface area contributed by atoms with Crippen molar-refractivity contribution in [1.82, 2.24) is 5.16 Å². The lowest BCUT2D eigenvalue weighted by molar-refractivity contribution is 0.0345. The molecule has 1 aromatic heterocycles. The van der Waals surface area contributed by atoms with Crippen LogP contribution in [0.15, 0.2) is 22.4 Å². The molecule has 4 heteroatoms. The van der Waals surface area contributed by atoms with Gasteiger partial charge in [0.05, 0.1) is 5.76 Å². The van der Waals surface area contributed by atoms with Crippen LogP contribution in [0.2, 0.25) is 0 Å². The molecular weight excluding hydrogens is 206 g/mol. The Balaban J connectivity index is 2.23. The third-order valence-electron chi connectivity index (χ3n) is 2.81. The molecule has 0 N–H and O–H groups in total. The fourth-order valence-corrected chi connectivity index (χ4v) is 1.76. The third kappa shape index (κ3) is 1.75. The first-order chi connectivity index (χ1) is 7.55. The van der Waals surface area contributed by atoms with E-state index in [2.05, 4.69) is 5.16 Å². The lowest BCUT2D eigenvalue weighted by Gasteiger charge is -2.21. The van der Waals surface area contributed by atoms with Crippen molar-refractivity contribution in [1.29, 1.82) is 0 Å². The lowest BCUT2D eigenvalue weighted by atomic mass is 9.99. The highest BCUT2D eigenvalue weighted by molar-refractivity contribution is 5.93. The number of hydrogen-bond donors (Lipinski definition) is 0. The van der Waals surface area contributed by atoms with Crippen LogP contribution in [0.4, 0.5) is 0 Å². The first kappa shape index (κ1) is 10.9. The molecule has 1 aliphatic rings. The van der Waals surface area contributed by atoms with Gasteiger partial charge in [-0.15, -0.1) is 0 Å². The largest absolute Gasteiger partial charge is 0.486 e. The maximum absolute atomic E-state index is 11.4. The Morgan fingerprint density at radius 3 is 2.94 bits per heavy atom. The molecule has 0 saturated carbocycles. The molecule has 0 aromatic carbocycles. The van der Waals surface area contributed by atoms with E-state index in [4.69, 9.17) is 9.26 Å². The van der Waals surface area contributed by atoms with Crippen molar-refractivity contribution >= 4 is 5.78 Å². The molecule has 0 aliphatic carbocycles. The van der Waals surface area contributed by atoms with Crippen LogP contribution in [-0.4, -0.2) is 10.9 Å². The average molecular weight is 221 g/mol. The molecule has 1 aromatic rings. The SMILES string of the molecule is CCC(=O)c1cc(C2(C)CC=C(C)O2)no1. The number of hydrogen-bond acceptors (Lipinski definition) is 4. The minimum absolute atomic E-state index is 0.0370. The first-order valence-electron chi connectivity index (χ1n) is 5.41. The minimum atomic E-state index is -0.486. The van der Waals surface area contributed by atoms with Crippen LogP contribution in [0, 0.1) is 0 Å². The van der Waals surface area contributed by atoms with E-state index < -0.39 is 5.60 Å². The van der Waals surface area contributed by atoms with Gasteiger partial charge in [-0.25, -0.2) is 0 Å². The number of carbonyl (C=O) groups is 1. The highest BCUT2D eigenvalue weighted by atomic mass is 16.5. The lowest BCUT2D eigenvalue weighted by Crippen LogP contribution is -2.20. The normalized spacial score (nSPS) is 24.1. The van der Waals surface area contributed by atoms with Crippen molar-refractivity contribution < 1.29 is 14.1 Å². The molecule has 2 rings (SSSR count). The zero-order valence-electron chi connectivity index (χ0n) is 9.74. The molecular formula is C12H15NO3. The fraction of sp³-hybridized carbons (Fsp3) is 0.500. The second-order valence-electron chi connectivity index (χ2n) is 4.20. The summed E-state index contributed by atoms with van der Waals surface area (Å²) in [6.07, 6.45) is 3.19. The predicted molar refractivity (Wildman–Crippen MR) is 57.9 cm³/mol. The van der Waals surface area contributed by atoms with E-state index in [-0.39, 0.29) is 5.78 Å². The van der Waals surface area contributed by atoms with Gasteiger partial charge >= 0.3 is 0 Å². The number of ether oxygens (including phenoxy) is 1. The summed E-state index contributed by atoms with van der Waals surface area (Å²) >= 11 is 0. The van der Waals surface area contributed by atoms with Crippen LogP contribution in [0.3, 0.4) is 0 Å². The van der Waals surface area contributed by atoms with Gasteiger partial charge in [-0.05, 0) is 19.9 Å². The zero-order valence-corrected chi connectivity index (χ0v) is 9.74. The standard InChI is InChI=1S/C12H15NO3/c1-4-9(14)10-7-11(13-16-10)12(3)6-5-8(2)15-12/h5,7H,4,6H2,1-3H3. The summed E-state index contributed by atoms with van der Waals surface area (Å²) in [6, 6.07) is 1.68. The van der Waals surface area contributed by atoms with Gasteiger partial charge in [0.2, 0.25) is 11.5 Å². The minimum Gasteiger partial charge on any atom is -0.486 e. The smallest absolute Gasteiger partial charge is 0.202 e. The molecule has 0 saturated heterocycles. The second-order valence-corrected chi connectivity index (χ2v) is 4.20. The van der Waals surface area contributed by atoms with Gasteiger partial charge in [0.25, 0.3) is 0 Å². The Morgan fingerprint density at radius 1 is 1.62 bits per heavy atom. The molecule has 0 spiro atoms. The van der Waals surface area contributed by atoms with E-state index >= 15 is 0 Å². The molecule has 1 unspecified atom stereocenters. The number of rotatable bonds is 3. The number of allylic oxidation sites excluding steroid dienone is 1. The van der Waals surface area contributed by atoms with Gasteiger partial charge in [0, 0.05) is 18.9 Å². The first-order valence-corrected chi connectivity index (χ1v) is 5.41. The molecule has 0 fully saturated rings. The second kappa shape index (κ2) is 3.77. The molecule has 1 atom stereocenters. The summed E-state index contributed by atoms with van der Waals surface area (Å²) in [5.41, 5.74) is 0.192. The van der Waals surface area contributed by atoms with Crippen LogP contribution in [0.5, 0.6) is 0 Å². The molecule has 1 aliphatic heterocycles. The summed E-state index contributed by atoms with van der Waals surface area (Å²) in [7, 11) is 0. The van der Waals surface area contributed by atoms with Crippen molar-refractivity contribution in [2.75, 3.05) is 0 Å². The molecule has 0 amide bonds. The van der Waals surface area contributed by atoms with Crippen molar-refractivity contribution in [3.63, 3.8) is 0 Å². The van der Waals surface area contributed by atoms with Crippen LogP contribution in [-0.2, 0) is 10.3 Å². The Bertz CT molecular complexity index is 447. The third-order valence-corrected chi connectivity index (χ3v) is 2.81. The van der Waals surface area contributed by atoms with Crippen molar-refractivity contribution in [2.45, 2.75) is 39.2 Å². The number of ketones is 1. The molecule has 0 radical (unpaired) electrons. The quantitative estimate of drug-likeness (QED) is 0.736. The van der Waals surface area contributed by atoms with Crippen LogP contribution < -0.4 is 0 Å². The molecule has 2 heterocycles. The Morgan fingerprint density at radius 2 is 2.38 bits per heavy atom. The zero-order chi connectivity index (χ0) is 11.8. The van der Waals surface area contributed by atoms with Gasteiger partial charge in [0.1, 0.15) is 5.69 Å². The Hall–Kier alpha value is -1.58. The fourth-order valence-electron chi connectivity index (χ4n) is 1.76. The van der Waals surface area contributed by atoms with E-state index in [1.807, 2.05) is 19.9 Å². The van der Waals surface area contributed by atoms with Crippen LogP contribution >= 0.6 is 0 Å². The summed E-state index contributed by atoms with van der Waals surface area (Å²) in [4.78, 5) is 11.4.